The van der Waals surface area contributed by atoms with E-state index in [9.17, 15) is 0 Å². The quantitative estimate of drug-likeness (QED) is 0.175. The van der Waals surface area contributed by atoms with Crippen molar-refractivity contribution in [1.82, 2.24) is 4.98 Å². The lowest BCUT2D eigenvalue weighted by Gasteiger charge is -2.34. The number of rotatable bonds is 6. The van der Waals surface area contributed by atoms with Gasteiger partial charge in [-0.15, -0.1) is 11.3 Å². The molecule has 240 valence electrons. The van der Waals surface area contributed by atoms with Crippen molar-refractivity contribution in [1.29, 1.82) is 0 Å². The van der Waals surface area contributed by atoms with E-state index >= 15 is 0 Å². The average molecular weight is 669 g/mol. The van der Waals surface area contributed by atoms with Crippen LogP contribution in [0.2, 0.25) is 0 Å². The number of para-hydroxylation sites is 1. The van der Waals surface area contributed by atoms with Crippen molar-refractivity contribution in [3.63, 3.8) is 0 Å². The van der Waals surface area contributed by atoms with Gasteiger partial charge < -0.3 is 4.90 Å². The maximum absolute atomic E-state index is 4.57. The fraction of sp³-hybridized carbons (Fsp3) is 0.0208. The molecule has 0 fully saturated rings. The van der Waals surface area contributed by atoms with E-state index in [1.165, 1.54) is 53.6 Å². The summed E-state index contributed by atoms with van der Waals surface area (Å²) in [6.07, 6.45) is 1.84. The van der Waals surface area contributed by atoms with Crippen molar-refractivity contribution in [2.24, 2.45) is 0 Å². The van der Waals surface area contributed by atoms with Crippen LogP contribution in [0.15, 0.2) is 194 Å². The molecule has 2 nitrogen and oxygen atoms in total. The molecule has 0 bridgehead atoms. The Morgan fingerprint density at radius 1 is 0.451 bits per heavy atom. The van der Waals surface area contributed by atoms with Crippen LogP contribution >= 0.6 is 11.3 Å². The molecule has 1 atom stereocenters. The number of hydrogen-bond acceptors (Lipinski definition) is 3. The van der Waals surface area contributed by atoms with Crippen LogP contribution < -0.4 is 4.90 Å². The Labute approximate surface area is 301 Å². The average Bonchev–Trinajstić information content (AvgIpc) is 3.74. The second-order valence-electron chi connectivity index (χ2n) is 13.1. The molecule has 0 saturated heterocycles. The van der Waals surface area contributed by atoms with Gasteiger partial charge in [0, 0.05) is 54.6 Å². The SMILES string of the molecule is c1ccc(N(c2ccc(-c3ccccn3)cc2)c2ccc(C3(c4ccccc4)c4ccccc4-c4c3ccc3c4sc4ccccc43)cc2)cc1. The van der Waals surface area contributed by atoms with Crippen LogP contribution in [0, 0.1) is 0 Å². The fourth-order valence-corrected chi connectivity index (χ4v) is 9.48. The Morgan fingerprint density at radius 2 is 1.08 bits per heavy atom. The molecule has 0 amide bonds. The topological polar surface area (TPSA) is 16.1 Å². The first-order chi connectivity index (χ1) is 25.3. The molecule has 3 heteroatoms. The van der Waals surface area contributed by atoms with E-state index in [0.717, 1.165) is 28.3 Å². The largest absolute Gasteiger partial charge is 0.311 e. The van der Waals surface area contributed by atoms with Crippen molar-refractivity contribution in [2.45, 2.75) is 5.41 Å². The third-order valence-corrected chi connectivity index (χ3v) is 11.6. The number of fused-ring (bicyclic) bond motifs is 7. The summed E-state index contributed by atoms with van der Waals surface area (Å²) in [6.45, 7) is 0. The summed E-state index contributed by atoms with van der Waals surface area (Å²) in [6, 6.07) is 68.3. The lowest BCUT2D eigenvalue weighted by molar-refractivity contribution is 0.769. The molecule has 0 saturated carbocycles. The van der Waals surface area contributed by atoms with Gasteiger partial charge in [0.2, 0.25) is 0 Å². The van der Waals surface area contributed by atoms with E-state index < -0.39 is 5.41 Å². The molecular weight excluding hydrogens is 637 g/mol. The monoisotopic (exact) mass is 668 g/mol. The maximum atomic E-state index is 4.57. The fourth-order valence-electron chi connectivity index (χ4n) is 8.22. The van der Waals surface area contributed by atoms with Crippen molar-refractivity contribution in [2.75, 3.05) is 4.90 Å². The molecule has 0 radical (unpaired) electrons. The smallest absolute Gasteiger partial charge is 0.0714 e. The van der Waals surface area contributed by atoms with Crippen molar-refractivity contribution in [3.05, 3.63) is 217 Å². The highest BCUT2D eigenvalue weighted by Crippen LogP contribution is 2.59. The highest BCUT2D eigenvalue weighted by atomic mass is 32.1. The van der Waals surface area contributed by atoms with Gasteiger partial charge in [-0.2, -0.15) is 0 Å². The van der Waals surface area contributed by atoms with E-state index in [0.29, 0.717) is 0 Å². The first kappa shape index (κ1) is 29.6. The van der Waals surface area contributed by atoms with Crippen LogP contribution in [0.4, 0.5) is 17.1 Å². The molecule has 1 aliphatic rings. The summed E-state index contributed by atoms with van der Waals surface area (Å²) in [5.74, 6) is 0. The van der Waals surface area contributed by atoms with Crippen LogP contribution in [0.25, 0.3) is 42.6 Å². The van der Waals surface area contributed by atoms with Gasteiger partial charge in [-0.05, 0) is 82.4 Å². The molecule has 7 aromatic carbocycles. The van der Waals surface area contributed by atoms with Crippen molar-refractivity contribution < 1.29 is 0 Å². The molecule has 0 spiro atoms. The van der Waals surface area contributed by atoms with Crippen LogP contribution in [0.3, 0.4) is 0 Å². The second kappa shape index (κ2) is 11.9. The van der Waals surface area contributed by atoms with E-state index in [2.05, 4.69) is 186 Å². The predicted molar refractivity (Wildman–Crippen MR) is 215 cm³/mol. The first-order valence-electron chi connectivity index (χ1n) is 17.4. The van der Waals surface area contributed by atoms with Crippen LogP contribution in [0.5, 0.6) is 0 Å². The Morgan fingerprint density at radius 3 is 1.84 bits per heavy atom. The number of nitrogens with zero attached hydrogens (tertiary/aromatic N) is 2. The van der Waals surface area contributed by atoms with Gasteiger partial charge in [0.05, 0.1) is 11.1 Å². The van der Waals surface area contributed by atoms with E-state index in [1.54, 1.807) is 0 Å². The van der Waals surface area contributed by atoms with Gasteiger partial charge in [0.25, 0.3) is 0 Å². The van der Waals surface area contributed by atoms with Gasteiger partial charge in [-0.3, -0.25) is 4.98 Å². The number of anilines is 3. The normalized spacial score (nSPS) is 14.7. The Hall–Kier alpha value is -6.29. The minimum absolute atomic E-state index is 0.474. The third kappa shape index (κ3) is 4.59. The van der Waals surface area contributed by atoms with E-state index in [-0.39, 0.29) is 0 Å². The number of aromatic nitrogens is 1. The molecule has 2 aromatic heterocycles. The molecule has 2 heterocycles. The van der Waals surface area contributed by atoms with Crippen molar-refractivity contribution in [3.8, 4) is 22.4 Å². The van der Waals surface area contributed by atoms with Gasteiger partial charge in [0.1, 0.15) is 0 Å². The molecule has 10 rings (SSSR count). The maximum Gasteiger partial charge on any atom is 0.0714 e. The molecule has 51 heavy (non-hydrogen) atoms. The molecule has 0 N–H and O–H groups in total. The molecule has 1 unspecified atom stereocenters. The summed E-state index contributed by atoms with van der Waals surface area (Å²) < 4.78 is 2.69. The molecule has 1 aliphatic carbocycles. The summed E-state index contributed by atoms with van der Waals surface area (Å²) in [4.78, 5) is 6.90. The number of hydrogen-bond donors (Lipinski definition) is 0. The van der Waals surface area contributed by atoms with Gasteiger partial charge in [-0.1, -0.05) is 133 Å². The molecular formula is C48H32N2S. The van der Waals surface area contributed by atoms with E-state index in [4.69, 9.17) is 0 Å². The summed E-state index contributed by atoms with van der Waals surface area (Å²) >= 11 is 1.91. The Kier molecular flexibility index (Phi) is 6.93. The van der Waals surface area contributed by atoms with E-state index in [1.807, 2.05) is 29.7 Å². The number of thiophene rings is 1. The summed E-state index contributed by atoms with van der Waals surface area (Å²) in [7, 11) is 0. The standard InChI is InChI=1S/C48H32N2S/c1-3-13-34(14-4-1)48(42-19-9-7-18-41(42)46-43(48)31-30-40-39-17-8-10-21-45(39)51-47(40)46)35-24-28-38(29-25-35)50(36-15-5-2-6-16-36)37-26-22-33(23-27-37)44-20-11-12-32-49-44/h1-32H. The zero-order valence-electron chi connectivity index (χ0n) is 27.8. The zero-order chi connectivity index (χ0) is 33.8. The minimum Gasteiger partial charge on any atom is -0.311 e. The Bertz CT molecular complexity index is 2660. The highest BCUT2D eigenvalue weighted by Gasteiger charge is 2.47. The number of pyridine rings is 1. The van der Waals surface area contributed by atoms with Crippen molar-refractivity contribution >= 4 is 48.6 Å². The second-order valence-corrected chi connectivity index (χ2v) is 14.2. The molecule has 9 aromatic rings. The lowest BCUT2D eigenvalue weighted by atomic mass is 9.67. The summed E-state index contributed by atoms with van der Waals surface area (Å²) in [5, 5.41) is 2.66. The van der Waals surface area contributed by atoms with Gasteiger partial charge >= 0.3 is 0 Å². The summed E-state index contributed by atoms with van der Waals surface area (Å²) in [5.41, 5.74) is 12.8. The zero-order valence-corrected chi connectivity index (χ0v) is 28.6. The third-order valence-electron chi connectivity index (χ3n) is 10.4. The Balaban J connectivity index is 1.17. The molecule has 0 aliphatic heterocycles. The van der Waals surface area contributed by atoms with Crippen LogP contribution in [-0.2, 0) is 5.41 Å². The lowest BCUT2D eigenvalue weighted by Crippen LogP contribution is -2.28. The number of benzene rings is 7. The van der Waals surface area contributed by atoms with Gasteiger partial charge in [0.15, 0.2) is 0 Å². The van der Waals surface area contributed by atoms with Gasteiger partial charge in [-0.25, -0.2) is 0 Å². The van der Waals surface area contributed by atoms with Crippen LogP contribution in [0.1, 0.15) is 22.3 Å². The first-order valence-corrected chi connectivity index (χ1v) is 18.2. The van der Waals surface area contributed by atoms with Crippen LogP contribution in [-0.4, -0.2) is 4.98 Å². The highest BCUT2D eigenvalue weighted by molar-refractivity contribution is 7.26. The minimum atomic E-state index is -0.474. The predicted octanol–water partition coefficient (Wildman–Crippen LogP) is 12.9.